The van der Waals surface area contributed by atoms with Crippen molar-refractivity contribution in [1.29, 1.82) is 0 Å². The lowest BCUT2D eigenvalue weighted by Gasteiger charge is -2.06. The molecule has 0 aromatic carbocycles. The molecule has 1 heteroatoms. The highest BCUT2D eigenvalue weighted by Crippen LogP contribution is 2.64. The van der Waals surface area contributed by atoms with E-state index in [2.05, 4.69) is 6.92 Å². The van der Waals surface area contributed by atoms with E-state index in [4.69, 9.17) is 5.73 Å². The van der Waals surface area contributed by atoms with Gasteiger partial charge < -0.3 is 5.73 Å². The lowest BCUT2D eigenvalue weighted by atomic mass is 10.0. The van der Waals surface area contributed by atoms with Gasteiger partial charge in [0.15, 0.2) is 0 Å². The quantitative estimate of drug-likeness (QED) is 0.593. The SMILES string of the molecule is C[C@@]1(C2CC2)C[C@H]1CN. The van der Waals surface area contributed by atoms with Crippen LogP contribution < -0.4 is 5.73 Å². The summed E-state index contributed by atoms with van der Waals surface area (Å²) in [5.41, 5.74) is 6.28. The monoisotopic (exact) mass is 125 g/mol. The molecule has 2 saturated carbocycles. The van der Waals surface area contributed by atoms with Crippen molar-refractivity contribution in [2.75, 3.05) is 6.54 Å². The molecule has 0 aromatic heterocycles. The van der Waals surface area contributed by atoms with Gasteiger partial charge in [-0.2, -0.15) is 0 Å². The van der Waals surface area contributed by atoms with Crippen molar-refractivity contribution in [1.82, 2.24) is 0 Å². The maximum absolute atomic E-state index is 5.57. The molecule has 2 N–H and O–H groups in total. The van der Waals surface area contributed by atoms with E-state index in [1.807, 2.05) is 0 Å². The van der Waals surface area contributed by atoms with E-state index in [1.165, 1.54) is 19.3 Å². The third-order valence-corrected chi connectivity index (χ3v) is 3.25. The number of nitrogens with two attached hydrogens (primary N) is 1. The highest BCUT2D eigenvalue weighted by Gasteiger charge is 2.57. The van der Waals surface area contributed by atoms with E-state index in [-0.39, 0.29) is 0 Å². The second kappa shape index (κ2) is 1.51. The van der Waals surface area contributed by atoms with E-state index in [0.29, 0.717) is 5.41 Å². The Balaban J connectivity index is 1.95. The maximum Gasteiger partial charge on any atom is -0.00433 e. The van der Waals surface area contributed by atoms with Gasteiger partial charge in [-0.25, -0.2) is 0 Å². The molecule has 0 unspecified atom stereocenters. The second-order valence-electron chi connectivity index (χ2n) is 3.92. The van der Waals surface area contributed by atoms with Crippen LogP contribution in [0.25, 0.3) is 0 Å². The lowest BCUT2D eigenvalue weighted by Crippen LogP contribution is -2.09. The fraction of sp³-hybridized carbons (Fsp3) is 1.00. The minimum absolute atomic E-state index is 0.703. The Labute approximate surface area is 56.6 Å². The van der Waals surface area contributed by atoms with Gasteiger partial charge in [0.2, 0.25) is 0 Å². The summed E-state index contributed by atoms with van der Waals surface area (Å²) in [5, 5.41) is 0. The molecule has 52 valence electrons. The Morgan fingerprint density at radius 1 is 1.56 bits per heavy atom. The number of rotatable bonds is 2. The molecule has 2 rings (SSSR count). The van der Waals surface area contributed by atoms with Crippen LogP contribution in [0.4, 0.5) is 0 Å². The standard InChI is InChI=1S/C8H15N/c1-8(6-2-3-6)4-7(8)5-9/h6-7H,2-5,9H2,1H3/t7-,8-/m0/s1. The first-order valence-corrected chi connectivity index (χ1v) is 3.97. The Bertz CT molecular complexity index is 129. The van der Waals surface area contributed by atoms with Crippen LogP contribution in [0.3, 0.4) is 0 Å². The topological polar surface area (TPSA) is 26.0 Å². The first-order chi connectivity index (χ1) is 4.27. The first kappa shape index (κ1) is 5.72. The van der Waals surface area contributed by atoms with Crippen LogP contribution in [-0.2, 0) is 0 Å². The van der Waals surface area contributed by atoms with E-state index < -0.39 is 0 Å². The molecular weight excluding hydrogens is 110 g/mol. The molecule has 0 saturated heterocycles. The predicted molar refractivity (Wildman–Crippen MR) is 38.0 cm³/mol. The first-order valence-electron chi connectivity index (χ1n) is 3.97. The average molecular weight is 125 g/mol. The number of hydrogen-bond acceptors (Lipinski definition) is 1. The maximum atomic E-state index is 5.57. The predicted octanol–water partition coefficient (Wildman–Crippen LogP) is 1.38. The Morgan fingerprint density at radius 3 is 2.56 bits per heavy atom. The van der Waals surface area contributed by atoms with Gasteiger partial charge in [-0.1, -0.05) is 6.92 Å². The van der Waals surface area contributed by atoms with E-state index in [0.717, 1.165) is 18.4 Å². The molecule has 1 nitrogen and oxygen atoms in total. The molecule has 9 heavy (non-hydrogen) atoms. The molecule has 0 bridgehead atoms. The van der Waals surface area contributed by atoms with Crippen molar-refractivity contribution in [3.05, 3.63) is 0 Å². The van der Waals surface area contributed by atoms with Crippen molar-refractivity contribution < 1.29 is 0 Å². The smallest absolute Gasteiger partial charge is 0.00433 e. The van der Waals surface area contributed by atoms with Gasteiger partial charge in [0.05, 0.1) is 0 Å². The van der Waals surface area contributed by atoms with Crippen molar-refractivity contribution in [2.45, 2.75) is 26.2 Å². The van der Waals surface area contributed by atoms with Crippen molar-refractivity contribution >= 4 is 0 Å². The largest absolute Gasteiger partial charge is 0.330 e. The molecule has 2 aliphatic rings. The summed E-state index contributed by atoms with van der Waals surface area (Å²) in [6.07, 6.45) is 4.37. The molecule has 0 heterocycles. The molecule has 2 atom stereocenters. The zero-order chi connectivity index (χ0) is 6.48. The summed E-state index contributed by atoms with van der Waals surface area (Å²) < 4.78 is 0. The Hall–Kier alpha value is -0.0400. The van der Waals surface area contributed by atoms with Gasteiger partial charge in [-0.3, -0.25) is 0 Å². The van der Waals surface area contributed by atoms with Crippen LogP contribution in [0.15, 0.2) is 0 Å². The average Bonchev–Trinajstić information content (AvgIpc) is 2.54. The summed E-state index contributed by atoms with van der Waals surface area (Å²) in [6.45, 7) is 3.33. The van der Waals surface area contributed by atoms with Crippen molar-refractivity contribution in [2.24, 2.45) is 23.0 Å². The fourth-order valence-corrected chi connectivity index (χ4v) is 2.07. The lowest BCUT2D eigenvalue weighted by molar-refractivity contribution is 0.439. The van der Waals surface area contributed by atoms with Crippen LogP contribution in [0, 0.1) is 17.3 Å². The van der Waals surface area contributed by atoms with Crippen LogP contribution in [0.1, 0.15) is 26.2 Å². The highest BCUT2D eigenvalue weighted by molar-refractivity contribution is 5.07. The van der Waals surface area contributed by atoms with Crippen LogP contribution >= 0.6 is 0 Å². The molecule has 0 aliphatic heterocycles. The van der Waals surface area contributed by atoms with Crippen LogP contribution in [0.5, 0.6) is 0 Å². The molecule has 0 radical (unpaired) electrons. The minimum atomic E-state index is 0.703. The van der Waals surface area contributed by atoms with Gasteiger partial charge >= 0.3 is 0 Å². The minimum Gasteiger partial charge on any atom is -0.330 e. The van der Waals surface area contributed by atoms with Gasteiger partial charge in [0, 0.05) is 0 Å². The molecule has 0 aromatic rings. The summed E-state index contributed by atoms with van der Waals surface area (Å²) in [6, 6.07) is 0. The number of hydrogen-bond donors (Lipinski definition) is 1. The van der Waals surface area contributed by atoms with Gasteiger partial charge in [-0.15, -0.1) is 0 Å². The zero-order valence-electron chi connectivity index (χ0n) is 6.06. The summed E-state index contributed by atoms with van der Waals surface area (Å²) in [4.78, 5) is 0. The highest BCUT2D eigenvalue weighted by atomic mass is 14.7. The van der Waals surface area contributed by atoms with Crippen molar-refractivity contribution in [3.63, 3.8) is 0 Å². The summed E-state index contributed by atoms with van der Waals surface area (Å²) in [7, 11) is 0. The second-order valence-corrected chi connectivity index (χ2v) is 3.92. The van der Waals surface area contributed by atoms with Gasteiger partial charge in [0.25, 0.3) is 0 Å². The Morgan fingerprint density at radius 2 is 2.22 bits per heavy atom. The zero-order valence-corrected chi connectivity index (χ0v) is 6.06. The summed E-state index contributed by atoms with van der Waals surface area (Å²) in [5.74, 6) is 1.94. The summed E-state index contributed by atoms with van der Waals surface area (Å²) >= 11 is 0. The van der Waals surface area contributed by atoms with Crippen LogP contribution in [-0.4, -0.2) is 6.54 Å². The molecule has 2 fully saturated rings. The Kier molecular flexibility index (Phi) is 0.963. The van der Waals surface area contributed by atoms with E-state index in [1.54, 1.807) is 0 Å². The van der Waals surface area contributed by atoms with E-state index in [9.17, 15) is 0 Å². The molecule has 0 amide bonds. The van der Waals surface area contributed by atoms with Gasteiger partial charge in [0.1, 0.15) is 0 Å². The van der Waals surface area contributed by atoms with Crippen molar-refractivity contribution in [3.8, 4) is 0 Å². The fourth-order valence-electron chi connectivity index (χ4n) is 2.07. The molecular formula is C8H15N. The molecule has 2 aliphatic carbocycles. The normalized spacial score (nSPS) is 49.3. The third-order valence-electron chi connectivity index (χ3n) is 3.25. The third kappa shape index (κ3) is 0.710. The van der Waals surface area contributed by atoms with E-state index >= 15 is 0 Å². The van der Waals surface area contributed by atoms with Gasteiger partial charge in [-0.05, 0) is 43.1 Å². The van der Waals surface area contributed by atoms with Crippen LogP contribution in [0.2, 0.25) is 0 Å². The molecule has 0 spiro atoms.